The third kappa shape index (κ3) is 6.48. The summed E-state index contributed by atoms with van der Waals surface area (Å²) in [5, 5.41) is 2.49. The van der Waals surface area contributed by atoms with Crippen LogP contribution in [0, 0.1) is 6.92 Å². The molecule has 0 N–H and O–H groups in total. The average molecular weight is 570 g/mol. The highest BCUT2D eigenvalue weighted by molar-refractivity contribution is 6.17. The first-order valence-corrected chi connectivity index (χ1v) is 15.6. The molecule has 216 valence electrons. The van der Waals surface area contributed by atoms with Gasteiger partial charge in [0.25, 0.3) is 0 Å². The van der Waals surface area contributed by atoms with Crippen LogP contribution in [0.4, 0.5) is 0 Å². The molecular formula is C43H39N. The zero-order chi connectivity index (χ0) is 30.5. The maximum absolute atomic E-state index is 5.02. The molecule has 5 aromatic rings. The van der Waals surface area contributed by atoms with Crippen molar-refractivity contribution >= 4 is 27.8 Å². The van der Waals surface area contributed by atoms with E-state index in [0.717, 1.165) is 41.8 Å². The van der Waals surface area contributed by atoms with Crippen molar-refractivity contribution in [3.8, 4) is 11.1 Å². The second-order valence-electron chi connectivity index (χ2n) is 11.7. The number of nitrogens with zero attached hydrogens (tertiary/aromatic N) is 1. The zero-order valence-corrected chi connectivity index (χ0v) is 26.0. The van der Waals surface area contributed by atoms with Crippen LogP contribution in [0.2, 0.25) is 0 Å². The Hall–Kier alpha value is -5.01. The highest BCUT2D eigenvalue weighted by Gasteiger charge is 2.12. The van der Waals surface area contributed by atoms with Gasteiger partial charge in [-0.05, 0) is 94.1 Å². The Morgan fingerprint density at radius 1 is 0.682 bits per heavy atom. The van der Waals surface area contributed by atoms with Gasteiger partial charge in [-0.3, -0.25) is 0 Å². The first-order valence-electron chi connectivity index (χ1n) is 15.6. The molecule has 0 aliphatic heterocycles. The quantitative estimate of drug-likeness (QED) is 0.176. The van der Waals surface area contributed by atoms with Crippen molar-refractivity contribution in [3.05, 3.63) is 179 Å². The summed E-state index contributed by atoms with van der Waals surface area (Å²) in [6.07, 6.45) is 11.6. The lowest BCUT2D eigenvalue weighted by Crippen LogP contribution is -2.03. The summed E-state index contributed by atoms with van der Waals surface area (Å²) in [7, 11) is 0. The zero-order valence-electron chi connectivity index (χ0n) is 26.0. The van der Waals surface area contributed by atoms with Crippen LogP contribution in [0.1, 0.15) is 53.6 Å². The van der Waals surface area contributed by atoms with Gasteiger partial charge in [0.15, 0.2) is 0 Å². The fourth-order valence-corrected chi connectivity index (χ4v) is 6.13. The average Bonchev–Trinajstić information content (AvgIpc) is 3.05. The first-order chi connectivity index (χ1) is 21.5. The van der Waals surface area contributed by atoms with Crippen LogP contribution in [0.15, 0.2) is 151 Å². The molecule has 6 rings (SSSR count). The molecule has 0 atom stereocenters. The summed E-state index contributed by atoms with van der Waals surface area (Å²) in [4.78, 5) is 5.02. The van der Waals surface area contributed by atoms with E-state index in [2.05, 4.69) is 155 Å². The molecule has 0 unspecified atom stereocenters. The Balaban J connectivity index is 1.24. The second-order valence-corrected chi connectivity index (χ2v) is 11.7. The minimum absolute atomic E-state index is 0.757. The summed E-state index contributed by atoms with van der Waals surface area (Å²) in [5.41, 5.74) is 14.2. The predicted molar refractivity (Wildman–Crippen MR) is 191 cm³/mol. The van der Waals surface area contributed by atoms with Gasteiger partial charge in [-0.1, -0.05) is 147 Å². The molecule has 5 aromatic carbocycles. The summed E-state index contributed by atoms with van der Waals surface area (Å²) >= 11 is 0. The number of benzene rings is 5. The molecule has 0 radical (unpaired) electrons. The maximum atomic E-state index is 5.02. The Labute approximate surface area is 262 Å². The van der Waals surface area contributed by atoms with E-state index in [1.165, 1.54) is 55.3 Å². The first kappa shape index (κ1) is 29.1. The van der Waals surface area contributed by atoms with Crippen molar-refractivity contribution in [1.82, 2.24) is 0 Å². The van der Waals surface area contributed by atoms with Crippen LogP contribution < -0.4 is 0 Å². The molecule has 0 spiro atoms. The Morgan fingerprint density at radius 2 is 1.39 bits per heavy atom. The van der Waals surface area contributed by atoms with E-state index in [-0.39, 0.29) is 0 Å². The topological polar surface area (TPSA) is 12.4 Å². The van der Waals surface area contributed by atoms with Crippen molar-refractivity contribution in [2.45, 2.75) is 40.0 Å². The van der Waals surface area contributed by atoms with E-state index in [4.69, 9.17) is 4.99 Å². The summed E-state index contributed by atoms with van der Waals surface area (Å²) < 4.78 is 0. The molecule has 0 saturated carbocycles. The van der Waals surface area contributed by atoms with Gasteiger partial charge >= 0.3 is 0 Å². The number of aryl methyl sites for hydroxylation is 2. The van der Waals surface area contributed by atoms with Crippen LogP contribution in [-0.4, -0.2) is 5.71 Å². The van der Waals surface area contributed by atoms with Crippen LogP contribution in [0.5, 0.6) is 0 Å². The summed E-state index contributed by atoms with van der Waals surface area (Å²) in [6.45, 7) is 11.0. The van der Waals surface area contributed by atoms with E-state index < -0.39 is 0 Å². The van der Waals surface area contributed by atoms with Crippen molar-refractivity contribution in [1.29, 1.82) is 0 Å². The van der Waals surface area contributed by atoms with Gasteiger partial charge in [-0.15, -0.1) is 0 Å². The lowest BCUT2D eigenvalue weighted by atomic mass is 9.93. The number of rotatable bonds is 8. The summed E-state index contributed by atoms with van der Waals surface area (Å²) in [6, 6.07) is 39.6. The fraction of sp³-hybridized carbons (Fsp3) is 0.140. The van der Waals surface area contributed by atoms with E-state index >= 15 is 0 Å². The molecule has 1 aliphatic rings. The van der Waals surface area contributed by atoms with E-state index in [0.29, 0.717) is 0 Å². The van der Waals surface area contributed by atoms with Crippen molar-refractivity contribution in [2.24, 2.45) is 4.99 Å². The number of hydrogen-bond acceptors (Lipinski definition) is 1. The molecule has 0 fully saturated rings. The highest BCUT2D eigenvalue weighted by atomic mass is 14.8. The molecule has 1 nitrogen and oxygen atoms in total. The molecule has 0 aromatic heterocycles. The van der Waals surface area contributed by atoms with Crippen molar-refractivity contribution in [3.63, 3.8) is 0 Å². The number of allylic oxidation sites excluding steroid dienone is 6. The Morgan fingerprint density at radius 3 is 2.18 bits per heavy atom. The predicted octanol–water partition coefficient (Wildman–Crippen LogP) is 11.4. The van der Waals surface area contributed by atoms with Gasteiger partial charge in [0, 0.05) is 5.57 Å². The van der Waals surface area contributed by atoms with Crippen LogP contribution >= 0.6 is 0 Å². The molecular weight excluding hydrogens is 530 g/mol. The number of aliphatic imine (C=N–C) groups is 1. The van der Waals surface area contributed by atoms with Gasteiger partial charge in [0.1, 0.15) is 0 Å². The standard InChI is InChI=1S/C43H39N/c1-5-12-35-13-6-8-15-39(35)27-33-25-30(2)26-41(28-33)37-21-19-34(20-22-37)32(4)44-43-18-11-10-17-42(43)31(3)38-24-23-36-14-7-9-16-40(36)29-38/h6-11,13-26,28-29H,4-5,12,27H2,1-3H3/b42-31+,44-43?. The largest absolute Gasteiger partial charge is 0.248 e. The number of fused-ring (bicyclic) bond motifs is 1. The Bertz CT molecular complexity index is 1960. The van der Waals surface area contributed by atoms with E-state index in [9.17, 15) is 0 Å². The minimum Gasteiger partial charge on any atom is -0.248 e. The third-order valence-corrected chi connectivity index (χ3v) is 8.47. The van der Waals surface area contributed by atoms with E-state index in [1.54, 1.807) is 0 Å². The molecule has 1 aliphatic carbocycles. The number of hydrogen-bond donors (Lipinski definition) is 0. The van der Waals surface area contributed by atoms with Gasteiger partial charge in [-0.25, -0.2) is 4.99 Å². The second kappa shape index (κ2) is 13.1. The molecule has 0 bridgehead atoms. The smallest absolute Gasteiger partial charge is 0.0712 e. The maximum Gasteiger partial charge on any atom is 0.0712 e. The van der Waals surface area contributed by atoms with Crippen LogP contribution in [0.25, 0.3) is 33.2 Å². The molecule has 44 heavy (non-hydrogen) atoms. The van der Waals surface area contributed by atoms with Crippen LogP contribution in [0.3, 0.4) is 0 Å². The monoisotopic (exact) mass is 569 g/mol. The lowest BCUT2D eigenvalue weighted by molar-refractivity contribution is 0.904. The van der Waals surface area contributed by atoms with Crippen molar-refractivity contribution in [2.75, 3.05) is 0 Å². The molecule has 0 amide bonds. The van der Waals surface area contributed by atoms with Crippen molar-refractivity contribution < 1.29 is 0 Å². The molecule has 0 heterocycles. The third-order valence-electron chi connectivity index (χ3n) is 8.47. The summed E-state index contributed by atoms with van der Waals surface area (Å²) in [5.74, 6) is 0. The van der Waals surface area contributed by atoms with Gasteiger partial charge in [-0.2, -0.15) is 0 Å². The normalized spacial score (nSPS) is 14.8. The SMILES string of the molecule is C=C(N=C1C=CC=C/C1=C(/C)c1ccc2ccccc2c1)c1ccc(-c2cc(C)cc(Cc3ccccc3CCC)c2)cc1. The molecule has 1 heteroatoms. The van der Waals surface area contributed by atoms with Gasteiger partial charge in [0.2, 0.25) is 0 Å². The van der Waals surface area contributed by atoms with Gasteiger partial charge < -0.3 is 0 Å². The minimum atomic E-state index is 0.757. The lowest BCUT2D eigenvalue weighted by Gasteiger charge is -2.14. The van der Waals surface area contributed by atoms with Gasteiger partial charge in [0.05, 0.1) is 11.4 Å². The molecule has 0 saturated heterocycles. The van der Waals surface area contributed by atoms with E-state index in [1.807, 2.05) is 6.08 Å². The highest BCUT2D eigenvalue weighted by Crippen LogP contribution is 2.29. The fourth-order valence-electron chi connectivity index (χ4n) is 6.13. The Kier molecular flexibility index (Phi) is 8.66. The van der Waals surface area contributed by atoms with Crippen LogP contribution in [-0.2, 0) is 12.8 Å².